The van der Waals surface area contributed by atoms with Gasteiger partial charge >= 0.3 is 47.6 Å². The molecular formula is C20H26F17NO4. The van der Waals surface area contributed by atoms with Crippen LogP contribution in [0.5, 0.6) is 0 Å². The highest BCUT2D eigenvalue weighted by Crippen LogP contribution is 2.64. The van der Waals surface area contributed by atoms with Crippen LogP contribution in [0.1, 0.15) is 6.42 Å². The van der Waals surface area contributed by atoms with E-state index in [1.807, 2.05) is 0 Å². The summed E-state index contributed by atoms with van der Waals surface area (Å²) in [7, 11) is 2.54. The maximum Gasteiger partial charge on any atom is 0.460 e. The van der Waals surface area contributed by atoms with Gasteiger partial charge in [0.2, 0.25) is 0 Å². The minimum absolute atomic E-state index is 0.0340. The summed E-state index contributed by atoms with van der Waals surface area (Å²) >= 11 is 0. The van der Waals surface area contributed by atoms with Crippen molar-refractivity contribution in [2.24, 2.45) is 0 Å². The van der Waals surface area contributed by atoms with Crippen LogP contribution in [-0.2, 0) is 18.9 Å². The SMILES string of the molecule is COCCOCCN(CCOCCOC)CCC(F)(F)C(F)(F)C(F)(F)C(F)(F)C(F)(F)C(F)(F)C(F)(F)C(F)(F)F. The number of halogens is 17. The number of nitrogens with zero attached hydrogens (tertiary/aromatic N) is 1. The van der Waals surface area contributed by atoms with Crippen LogP contribution < -0.4 is 0 Å². The first-order valence-electron chi connectivity index (χ1n) is 11.3. The molecule has 0 fully saturated rings. The van der Waals surface area contributed by atoms with Crippen LogP contribution in [-0.4, -0.2) is 126 Å². The molecule has 22 heteroatoms. The molecular weight excluding hydrogens is 641 g/mol. The van der Waals surface area contributed by atoms with Gasteiger partial charge in [-0.3, -0.25) is 4.90 Å². The van der Waals surface area contributed by atoms with Crippen molar-refractivity contribution in [3.63, 3.8) is 0 Å². The van der Waals surface area contributed by atoms with Gasteiger partial charge in [-0.15, -0.1) is 0 Å². The van der Waals surface area contributed by atoms with Gasteiger partial charge in [0.25, 0.3) is 0 Å². The van der Waals surface area contributed by atoms with Crippen molar-refractivity contribution in [1.82, 2.24) is 4.90 Å². The summed E-state index contributed by atoms with van der Waals surface area (Å²) in [6.45, 7) is -3.01. The predicted octanol–water partition coefficient (Wildman–Crippen LogP) is 6.01. The molecule has 254 valence electrons. The van der Waals surface area contributed by atoms with Crippen molar-refractivity contribution in [2.45, 2.75) is 54.1 Å². The summed E-state index contributed by atoms with van der Waals surface area (Å²) in [5.41, 5.74) is 0. The van der Waals surface area contributed by atoms with E-state index >= 15 is 0 Å². The first-order chi connectivity index (χ1) is 18.7. The third-order valence-corrected chi connectivity index (χ3v) is 5.50. The van der Waals surface area contributed by atoms with E-state index in [-0.39, 0.29) is 39.6 Å². The van der Waals surface area contributed by atoms with E-state index in [1.54, 1.807) is 0 Å². The summed E-state index contributed by atoms with van der Waals surface area (Å²) in [5, 5.41) is 0. The summed E-state index contributed by atoms with van der Waals surface area (Å²) in [6.07, 6.45) is -10.3. The second-order valence-electron chi connectivity index (χ2n) is 8.45. The molecule has 0 aromatic rings. The number of methoxy groups -OCH3 is 2. The normalized spacial score (nSPS) is 15.1. The molecule has 0 amide bonds. The van der Waals surface area contributed by atoms with Crippen molar-refractivity contribution in [3.05, 3.63) is 0 Å². The van der Waals surface area contributed by atoms with Crippen molar-refractivity contribution < 1.29 is 93.6 Å². The molecule has 0 rings (SSSR count). The molecule has 0 atom stereocenters. The maximum atomic E-state index is 14.2. The lowest BCUT2D eigenvalue weighted by Crippen LogP contribution is -2.74. The average molecular weight is 667 g/mol. The van der Waals surface area contributed by atoms with E-state index in [2.05, 4.69) is 9.47 Å². The van der Waals surface area contributed by atoms with Crippen LogP contribution in [0.25, 0.3) is 0 Å². The molecule has 0 N–H and O–H groups in total. The van der Waals surface area contributed by atoms with Gasteiger partial charge in [0.15, 0.2) is 0 Å². The predicted molar refractivity (Wildman–Crippen MR) is 107 cm³/mol. The minimum atomic E-state index is -8.65. The van der Waals surface area contributed by atoms with Gasteiger partial charge in [0.1, 0.15) is 0 Å². The second kappa shape index (κ2) is 14.6. The van der Waals surface area contributed by atoms with Crippen molar-refractivity contribution in [1.29, 1.82) is 0 Å². The number of hydrogen-bond acceptors (Lipinski definition) is 5. The smallest absolute Gasteiger partial charge is 0.382 e. The van der Waals surface area contributed by atoms with E-state index in [4.69, 9.17) is 9.47 Å². The molecule has 0 unspecified atom stereocenters. The molecule has 0 bridgehead atoms. The molecule has 0 aromatic heterocycles. The van der Waals surface area contributed by atoms with Crippen LogP contribution in [0.4, 0.5) is 74.6 Å². The third kappa shape index (κ3) is 8.20. The van der Waals surface area contributed by atoms with Crippen LogP contribution in [0.2, 0.25) is 0 Å². The van der Waals surface area contributed by atoms with E-state index in [0.29, 0.717) is 0 Å². The molecule has 0 radical (unpaired) electrons. The fourth-order valence-electron chi connectivity index (χ4n) is 2.86. The van der Waals surface area contributed by atoms with Gasteiger partial charge in [-0.1, -0.05) is 0 Å². The van der Waals surface area contributed by atoms with Gasteiger partial charge in [0, 0.05) is 40.3 Å². The Morgan fingerprint density at radius 3 is 1.07 bits per heavy atom. The highest BCUT2D eigenvalue weighted by Gasteiger charge is 2.95. The van der Waals surface area contributed by atoms with E-state index in [1.165, 1.54) is 14.2 Å². The molecule has 0 aliphatic carbocycles. The highest BCUT2D eigenvalue weighted by molar-refractivity contribution is 5.15. The van der Waals surface area contributed by atoms with Crippen LogP contribution >= 0.6 is 0 Å². The first kappa shape index (κ1) is 40.6. The largest absolute Gasteiger partial charge is 0.460 e. The van der Waals surface area contributed by atoms with Gasteiger partial charge in [-0.05, 0) is 0 Å². The van der Waals surface area contributed by atoms with Gasteiger partial charge < -0.3 is 18.9 Å². The Labute approximate surface area is 227 Å². The van der Waals surface area contributed by atoms with Crippen molar-refractivity contribution in [2.75, 3.05) is 73.5 Å². The molecule has 0 saturated carbocycles. The Kier molecular flexibility index (Phi) is 14.1. The molecule has 0 aliphatic heterocycles. The van der Waals surface area contributed by atoms with Gasteiger partial charge in [-0.25, -0.2) is 0 Å². The lowest BCUT2D eigenvalue weighted by molar-refractivity contribution is -0.461. The third-order valence-electron chi connectivity index (χ3n) is 5.50. The number of alkyl halides is 17. The Balaban J connectivity index is 6.07. The Bertz CT molecular complexity index is 794. The topological polar surface area (TPSA) is 40.2 Å². The molecule has 0 aromatic carbocycles. The lowest BCUT2D eigenvalue weighted by Gasteiger charge is -2.43. The summed E-state index contributed by atoms with van der Waals surface area (Å²) in [6, 6.07) is 0. The van der Waals surface area contributed by atoms with E-state index in [9.17, 15) is 74.6 Å². The fourth-order valence-corrected chi connectivity index (χ4v) is 2.86. The number of rotatable bonds is 21. The fraction of sp³-hybridized carbons (Fsp3) is 1.00. The summed E-state index contributed by atoms with van der Waals surface area (Å²) < 4.78 is 247. The van der Waals surface area contributed by atoms with Crippen LogP contribution in [0.3, 0.4) is 0 Å². The standard InChI is InChI=1S/C20H26F17NO4/c1-39-9-11-41-7-5-38(6-8-42-12-10-40-2)4-3-13(21,22)14(23,24)15(25,26)16(27,28)17(29,30)18(31,32)19(33,34)20(35,36)37/h3-12H2,1-2H3. The molecule has 42 heavy (non-hydrogen) atoms. The average Bonchev–Trinajstić information content (AvgIpc) is 2.85. The quantitative estimate of drug-likeness (QED) is 0.111. The van der Waals surface area contributed by atoms with Crippen molar-refractivity contribution in [3.8, 4) is 0 Å². The zero-order valence-corrected chi connectivity index (χ0v) is 21.6. The van der Waals surface area contributed by atoms with E-state index in [0.717, 1.165) is 4.90 Å². The highest BCUT2D eigenvalue weighted by atomic mass is 19.4. The number of hydrogen-bond donors (Lipinski definition) is 0. The van der Waals surface area contributed by atoms with Crippen molar-refractivity contribution >= 4 is 0 Å². The zero-order chi connectivity index (χ0) is 33.5. The van der Waals surface area contributed by atoms with E-state index < -0.39 is 73.7 Å². The number of ether oxygens (including phenoxy) is 4. The summed E-state index contributed by atoms with van der Waals surface area (Å²) in [5.74, 6) is -56.4. The zero-order valence-electron chi connectivity index (χ0n) is 21.6. The monoisotopic (exact) mass is 667 g/mol. The maximum absolute atomic E-state index is 14.2. The molecule has 0 aliphatic rings. The molecule has 5 nitrogen and oxygen atoms in total. The molecule has 0 saturated heterocycles. The first-order valence-corrected chi connectivity index (χ1v) is 11.3. The Morgan fingerprint density at radius 1 is 0.405 bits per heavy atom. The second-order valence-corrected chi connectivity index (χ2v) is 8.45. The lowest BCUT2D eigenvalue weighted by atomic mass is 9.88. The molecule has 0 spiro atoms. The Morgan fingerprint density at radius 2 is 0.738 bits per heavy atom. The molecule has 0 heterocycles. The van der Waals surface area contributed by atoms with Gasteiger partial charge in [-0.2, -0.15) is 74.6 Å². The Hall–Kier alpha value is -1.39. The van der Waals surface area contributed by atoms with Crippen LogP contribution in [0, 0.1) is 0 Å². The van der Waals surface area contributed by atoms with Gasteiger partial charge in [0.05, 0.1) is 39.6 Å². The minimum Gasteiger partial charge on any atom is -0.382 e. The van der Waals surface area contributed by atoms with Crippen LogP contribution in [0.15, 0.2) is 0 Å². The summed E-state index contributed by atoms with van der Waals surface area (Å²) in [4.78, 5) is 0.770.